The molecule has 3 nitrogen and oxygen atoms in total. The number of methoxy groups -OCH3 is 1. The normalized spacial score (nSPS) is 11.4. The van der Waals surface area contributed by atoms with Gasteiger partial charge in [-0.2, -0.15) is 13.2 Å². The number of ether oxygens (including phenoxy) is 1. The van der Waals surface area contributed by atoms with Gasteiger partial charge in [0.1, 0.15) is 0 Å². The molecule has 1 heterocycles. The fourth-order valence-corrected chi connectivity index (χ4v) is 1.67. The van der Waals surface area contributed by atoms with Crippen molar-refractivity contribution in [2.45, 2.75) is 6.18 Å². The Labute approximate surface area is 107 Å². The number of halogens is 3. The molecule has 0 saturated heterocycles. The summed E-state index contributed by atoms with van der Waals surface area (Å²) in [7, 11) is 1.12. The standard InChI is InChI=1S/C13H10F3NO2/c1-19-12(18)9-6-10(13(14,15)16)8-11(7-9)17-4-2-3-5-17/h2-8H,1H3. The van der Waals surface area contributed by atoms with Crippen LogP contribution in [0.5, 0.6) is 0 Å². The minimum Gasteiger partial charge on any atom is -0.465 e. The molecule has 0 aliphatic heterocycles. The first-order valence-electron chi connectivity index (χ1n) is 5.36. The van der Waals surface area contributed by atoms with Crippen molar-refractivity contribution >= 4 is 5.97 Å². The van der Waals surface area contributed by atoms with Gasteiger partial charge in [-0.1, -0.05) is 0 Å². The summed E-state index contributed by atoms with van der Waals surface area (Å²) in [6, 6.07) is 6.46. The van der Waals surface area contributed by atoms with Gasteiger partial charge in [0.2, 0.25) is 0 Å². The number of rotatable bonds is 2. The van der Waals surface area contributed by atoms with E-state index >= 15 is 0 Å². The van der Waals surface area contributed by atoms with Crippen molar-refractivity contribution in [1.82, 2.24) is 4.57 Å². The lowest BCUT2D eigenvalue weighted by Crippen LogP contribution is -2.10. The second kappa shape index (κ2) is 4.79. The number of aromatic nitrogens is 1. The van der Waals surface area contributed by atoms with Crippen LogP contribution in [0.25, 0.3) is 5.69 Å². The molecular weight excluding hydrogens is 259 g/mol. The second-order valence-electron chi connectivity index (χ2n) is 3.85. The van der Waals surface area contributed by atoms with Crippen LogP contribution in [0, 0.1) is 0 Å². The van der Waals surface area contributed by atoms with E-state index in [-0.39, 0.29) is 11.3 Å². The Kier molecular flexibility index (Phi) is 3.33. The zero-order valence-corrected chi connectivity index (χ0v) is 9.94. The molecule has 0 atom stereocenters. The van der Waals surface area contributed by atoms with Crippen LogP contribution < -0.4 is 0 Å². The fraction of sp³-hybridized carbons (Fsp3) is 0.154. The van der Waals surface area contributed by atoms with Crippen molar-refractivity contribution < 1.29 is 22.7 Å². The maximum atomic E-state index is 12.8. The number of carbonyl (C=O) groups is 1. The molecule has 0 aliphatic rings. The van der Waals surface area contributed by atoms with Crippen LogP contribution in [0.1, 0.15) is 15.9 Å². The summed E-state index contributed by atoms with van der Waals surface area (Å²) in [6.07, 6.45) is -1.33. The van der Waals surface area contributed by atoms with Gasteiger partial charge in [0.05, 0.1) is 18.2 Å². The number of esters is 1. The molecular formula is C13H10F3NO2. The van der Waals surface area contributed by atoms with E-state index in [1.54, 1.807) is 24.5 Å². The molecule has 0 spiro atoms. The molecule has 0 radical (unpaired) electrons. The van der Waals surface area contributed by atoms with Gasteiger partial charge in [0.25, 0.3) is 0 Å². The maximum Gasteiger partial charge on any atom is 0.416 e. The number of benzene rings is 1. The van der Waals surface area contributed by atoms with Crippen molar-refractivity contribution in [1.29, 1.82) is 0 Å². The average Bonchev–Trinajstić information content (AvgIpc) is 2.90. The molecule has 6 heteroatoms. The highest BCUT2D eigenvalue weighted by molar-refractivity contribution is 5.90. The molecule has 0 bridgehead atoms. The molecule has 1 aromatic carbocycles. The van der Waals surface area contributed by atoms with Gasteiger partial charge in [-0.15, -0.1) is 0 Å². The minimum absolute atomic E-state index is 0.138. The molecule has 0 amide bonds. The summed E-state index contributed by atoms with van der Waals surface area (Å²) >= 11 is 0. The van der Waals surface area contributed by atoms with Crippen LogP contribution in [0.4, 0.5) is 13.2 Å². The summed E-state index contributed by atoms with van der Waals surface area (Å²) in [6.45, 7) is 0. The molecule has 19 heavy (non-hydrogen) atoms. The van der Waals surface area contributed by atoms with Gasteiger partial charge in [0, 0.05) is 18.1 Å². The lowest BCUT2D eigenvalue weighted by Gasteiger charge is -2.12. The van der Waals surface area contributed by atoms with Crippen molar-refractivity contribution in [3.05, 3.63) is 53.9 Å². The molecule has 2 rings (SSSR count). The van der Waals surface area contributed by atoms with Gasteiger partial charge < -0.3 is 9.30 Å². The molecule has 0 aliphatic carbocycles. The molecule has 1 aromatic heterocycles. The largest absolute Gasteiger partial charge is 0.465 e. The molecule has 0 N–H and O–H groups in total. The highest BCUT2D eigenvalue weighted by Gasteiger charge is 2.32. The average molecular weight is 269 g/mol. The van der Waals surface area contributed by atoms with Crippen molar-refractivity contribution in [3.63, 3.8) is 0 Å². The van der Waals surface area contributed by atoms with Crippen LogP contribution >= 0.6 is 0 Å². The highest BCUT2D eigenvalue weighted by Crippen LogP contribution is 2.31. The number of nitrogens with zero attached hydrogens (tertiary/aromatic N) is 1. The highest BCUT2D eigenvalue weighted by atomic mass is 19.4. The summed E-state index contributed by atoms with van der Waals surface area (Å²) in [4.78, 5) is 11.4. The Hall–Kier alpha value is -2.24. The Balaban J connectivity index is 2.59. The van der Waals surface area contributed by atoms with Crippen LogP contribution in [-0.4, -0.2) is 17.6 Å². The van der Waals surface area contributed by atoms with Crippen LogP contribution in [-0.2, 0) is 10.9 Å². The van der Waals surface area contributed by atoms with Crippen LogP contribution in [0.15, 0.2) is 42.7 Å². The lowest BCUT2D eigenvalue weighted by atomic mass is 10.1. The first kappa shape index (κ1) is 13.2. The second-order valence-corrected chi connectivity index (χ2v) is 3.85. The molecule has 2 aromatic rings. The van der Waals surface area contributed by atoms with Crippen molar-refractivity contribution in [2.24, 2.45) is 0 Å². The van der Waals surface area contributed by atoms with E-state index in [0.717, 1.165) is 19.2 Å². The predicted octanol–water partition coefficient (Wildman–Crippen LogP) is 3.28. The predicted molar refractivity (Wildman–Crippen MR) is 62.1 cm³/mol. The zero-order chi connectivity index (χ0) is 14.0. The van der Waals surface area contributed by atoms with Gasteiger partial charge >= 0.3 is 12.1 Å². The smallest absolute Gasteiger partial charge is 0.416 e. The van der Waals surface area contributed by atoms with Crippen LogP contribution in [0.2, 0.25) is 0 Å². The van der Waals surface area contributed by atoms with Gasteiger partial charge in [-0.25, -0.2) is 4.79 Å². The minimum atomic E-state index is -4.52. The molecule has 0 fully saturated rings. The third-order valence-corrected chi connectivity index (χ3v) is 2.57. The van der Waals surface area contributed by atoms with Crippen molar-refractivity contribution in [2.75, 3.05) is 7.11 Å². The van der Waals surface area contributed by atoms with Gasteiger partial charge in [-0.3, -0.25) is 0 Å². The number of alkyl halides is 3. The monoisotopic (exact) mass is 269 g/mol. The SMILES string of the molecule is COC(=O)c1cc(-n2cccc2)cc(C(F)(F)F)c1. The van der Waals surface area contributed by atoms with E-state index in [0.29, 0.717) is 0 Å². The number of carbonyl (C=O) groups excluding carboxylic acids is 1. The van der Waals surface area contributed by atoms with E-state index in [1.165, 1.54) is 10.6 Å². The van der Waals surface area contributed by atoms with E-state index in [4.69, 9.17) is 0 Å². The quantitative estimate of drug-likeness (QED) is 0.783. The Morgan fingerprint density at radius 2 is 1.79 bits per heavy atom. The Bertz CT molecular complexity index is 588. The Morgan fingerprint density at radius 1 is 1.16 bits per heavy atom. The lowest BCUT2D eigenvalue weighted by molar-refractivity contribution is -0.137. The Morgan fingerprint density at radius 3 is 2.32 bits per heavy atom. The first-order valence-corrected chi connectivity index (χ1v) is 5.36. The molecule has 100 valence electrons. The number of hydrogen-bond acceptors (Lipinski definition) is 2. The van der Waals surface area contributed by atoms with Crippen molar-refractivity contribution in [3.8, 4) is 5.69 Å². The van der Waals surface area contributed by atoms with E-state index in [9.17, 15) is 18.0 Å². The molecule has 0 saturated carbocycles. The van der Waals surface area contributed by atoms with E-state index in [1.807, 2.05) is 0 Å². The maximum absolute atomic E-state index is 12.8. The summed E-state index contributed by atoms with van der Waals surface area (Å²) in [5.41, 5.74) is -0.777. The van der Waals surface area contributed by atoms with E-state index < -0.39 is 17.7 Å². The van der Waals surface area contributed by atoms with Gasteiger partial charge in [0.15, 0.2) is 0 Å². The van der Waals surface area contributed by atoms with Crippen LogP contribution in [0.3, 0.4) is 0 Å². The zero-order valence-electron chi connectivity index (χ0n) is 9.94. The topological polar surface area (TPSA) is 31.2 Å². The number of hydrogen-bond donors (Lipinski definition) is 0. The molecule has 0 unspecified atom stereocenters. The third kappa shape index (κ3) is 2.78. The summed E-state index contributed by atoms with van der Waals surface area (Å²) < 4.78 is 44.3. The fourth-order valence-electron chi connectivity index (χ4n) is 1.67. The summed E-state index contributed by atoms with van der Waals surface area (Å²) in [5.74, 6) is -0.806. The van der Waals surface area contributed by atoms with Gasteiger partial charge in [-0.05, 0) is 30.3 Å². The van der Waals surface area contributed by atoms with E-state index in [2.05, 4.69) is 4.74 Å². The first-order chi connectivity index (χ1) is 8.91. The third-order valence-electron chi connectivity index (χ3n) is 2.57. The summed E-state index contributed by atoms with van der Waals surface area (Å²) in [5, 5.41) is 0.